The van der Waals surface area contributed by atoms with Crippen molar-refractivity contribution in [2.45, 2.75) is 29.8 Å². The lowest BCUT2D eigenvalue weighted by molar-refractivity contribution is 0.391. The maximum Gasteiger partial charge on any atom is 0.237 e. The molecule has 2 aromatic heterocycles. The standard InChI is InChI=1S/C14H13ClN6OS/c15-9-3-1-8(2-4-9)12-17-11(22-20-12)7-23-14-19-18-13(16)21(14)10-5-6-10/h1-4,10H,5-7H2,(H2,16,18). The molecule has 2 N–H and O–H groups in total. The molecule has 0 radical (unpaired) electrons. The number of aromatic nitrogens is 5. The second-order valence-corrected chi connectivity index (χ2v) is 6.63. The molecule has 0 spiro atoms. The van der Waals surface area contributed by atoms with Crippen LogP contribution < -0.4 is 5.73 Å². The van der Waals surface area contributed by atoms with Gasteiger partial charge in [0.05, 0.1) is 5.75 Å². The van der Waals surface area contributed by atoms with Crippen LogP contribution >= 0.6 is 23.4 Å². The highest BCUT2D eigenvalue weighted by atomic mass is 35.5. The Morgan fingerprint density at radius 3 is 2.78 bits per heavy atom. The number of nitrogen functional groups attached to an aromatic ring is 1. The molecule has 7 nitrogen and oxygen atoms in total. The van der Waals surface area contributed by atoms with Crippen LogP contribution in [0.5, 0.6) is 0 Å². The Morgan fingerprint density at radius 1 is 1.26 bits per heavy atom. The monoisotopic (exact) mass is 348 g/mol. The lowest BCUT2D eigenvalue weighted by Gasteiger charge is -2.03. The van der Waals surface area contributed by atoms with Crippen LogP contribution in [0.3, 0.4) is 0 Å². The maximum absolute atomic E-state index is 5.88. The molecule has 118 valence electrons. The highest BCUT2D eigenvalue weighted by Crippen LogP contribution is 2.39. The molecule has 9 heteroatoms. The van der Waals surface area contributed by atoms with Gasteiger partial charge in [-0.1, -0.05) is 28.5 Å². The predicted molar refractivity (Wildman–Crippen MR) is 87.0 cm³/mol. The normalized spacial score (nSPS) is 14.3. The second kappa shape index (κ2) is 5.86. The Bertz CT molecular complexity index is 826. The smallest absolute Gasteiger partial charge is 0.237 e. The Balaban J connectivity index is 1.47. The van der Waals surface area contributed by atoms with Gasteiger partial charge in [-0.25, -0.2) is 0 Å². The molecule has 1 aliphatic carbocycles. The molecule has 23 heavy (non-hydrogen) atoms. The third-order valence-electron chi connectivity index (χ3n) is 3.50. The van der Waals surface area contributed by atoms with E-state index in [-0.39, 0.29) is 0 Å². The minimum atomic E-state index is 0.430. The summed E-state index contributed by atoms with van der Waals surface area (Å²) in [6, 6.07) is 7.73. The molecule has 0 atom stereocenters. The van der Waals surface area contributed by atoms with Crippen molar-refractivity contribution in [2.24, 2.45) is 0 Å². The van der Waals surface area contributed by atoms with Gasteiger partial charge in [0.2, 0.25) is 17.7 Å². The number of rotatable bonds is 5. The average Bonchev–Trinajstić information content (AvgIpc) is 3.15. The first-order chi connectivity index (χ1) is 11.2. The van der Waals surface area contributed by atoms with Gasteiger partial charge in [-0.05, 0) is 37.1 Å². The first-order valence-electron chi connectivity index (χ1n) is 7.12. The van der Waals surface area contributed by atoms with Crippen LogP contribution in [0.1, 0.15) is 24.8 Å². The van der Waals surface area contributed by atoms with E-state index < -0.39 is 0 Å². The van der Waals surface area contributed by atoms with Crippen LogP contribution in [-0.2, 0) is 5.75 Å². The lowest BCUT2D eigenvalue weighted by atomic mass is 10.2. The SMILES string of the molecule is Nc1nnc(SCc2nc(-c3ccc(Cl)cc3)no2)n1C1CC1. The van der Waals surface area contributed by atoms with Crippen LogP contribution in [0.2, 0.25) is 5.02 Å². The third kappa shape index (κ3) is 3.04. The van der Waals surface area contributed by atoms with Crippen molar-refractivity contribution < 1.29 is 4.52 Å². The number of benzene rings is 1. The molecule has 1 aromatic carbocycles. The van der Waals surface area contributed by atoms with Crippen LogP contribution in [0.25, 0.3) is 11.4 Å². The van der Waals surface area contributed by atoms with Gasteiger partial charge in [0, 0.05) is 16.6 Å². The van der Waals surface area contributed by atoms with E-state index >= 15 is 0 Å². The largest absolute Gasteiger partial charge is 0.368 e. The minimum absolute atomic E-state index is 0.430. The summed E-state index contributed by atoms with van der Waals surface area (Å²) in [7, 11) is 0. The Kier molecular flexibility index (Phi) is 3.70. The van der Waals surface area contributed by atoms with Gasteiger partial charge in [0.25, 0.3) is 0 Å². The van der Waals surface area contributed by atoms with E-state index in [1.165, 1.54) is 11.8 Å². The highest BCUT2D eigenvalue weighted by molar-refractivity contribution is 7.98. The fourth-order valence-corrected chi connectivity index (χ4v) is 3.19. The number of thioether (sulfide) groups is 1. The number of nitrogens with two attached hydrogens (primary N) is 1. The first-order valence-corrected chi connectivity index (χ1v) is 8.49. The Hall–Kier alpha value is -2.06. The molecule has 0 unspecified atom stereocenters. The molecule has 2 heterocycles. The fraction of sp³-hybridized carbons (Fsp3) is 0.286. The van der Waals surface area contributed by atoms with Crippen LogP contribution in [0, 0.1) is 0 Å². The second-order valence-electron chi connectivity index (χ2n) is 5.25. The summed E-state index contributed by atoms with van der Waals surface area (Å²) in [5, 5.41) is 13.5. The van der Waals surface area contributed by atoms with E-state index in [0.29, 0.717) is 34.5 Å². The summed E-state index contributed by atoms with van der Waals surface area (Å²) in [6.45, 7) is 0. The summed E-state index contributed by atoms with van der Waals surface area (Å²) in [5.74, 6) is 2.05. The number of halogens is 1. The molecule has 1 aliphatic rings. The van der Waals surface area contributed by atoms with E-state index in [1.807, 2.05) is 16.7 Å². The van der Waals surface area contributed by atoms with Crippen molar-refractivity contribution in [1.29, 1.82) is 0 Å². The van der Waals surface area contributed by atoms with Gasteiger partial charge < -0.3 is 10.3 Å². The van der Waals surface area contributed by atoms with Gasteiger partial charge in [-0.3, -0.25) is 4.57 Å². The third-order valence-corrected chi connectivity index (χ3v) is 4.68. The lowest BCUT2D eigenvalue weighted by Crippen LogP contribution is -2.02. The molecule has 1 saturated carbocycles. The summed E-state index contributed by atoms with van der Waals surface area (Å²) in [6.07, 6.45) is 2.24. The quantitative estimate of drug-likeness (QED) is 0.707. The van der Waals surface area contributed by atoms with Crippen LogP contribution in [0.4, 0.5) is 5.95 Å². The zero-order chi connectivity index (χ0) is 15.8. The maximum atomic E-state index is 5.88. The molecule has 3 aromatic rings. The number of hydrogen-bond donors (Lipinski definition) is 1. The molecule has 1 fully saturated rings. The topological polar surface area (TPSA) is 95.7 Å². The van der Waals surface area contributed by atoms with E-state index in [0.717, 1.165) is 23.6 Å². The predicted octanol–water partition coefficient (Wildman–Crippen LogP) is 3.19. The molecular weight excluding hydrogens is 336 g/mol. The summed E-state index contributed by atoms with van der Waals surface area (Å²) in [4.78, 5) is 4.39. The van der Waals surface area contributed by atoms with Gasteiger partial charge >= 0.3 is 0 Å². The van der Waals surface area contributed by atoms with Crippen molar-refractivity contribution in [2.75, 3.05) is 5.73 Å². The zero-order valence-electron chi connectivity index (χ0n) is 12.0. The summed E-state index contributed by atoms with van der Waals surface area (Å²) in [5.41, 5.74) is 6.72. The Morgan fingerprint density at radius 2 is 2.04 bits per heavy atom. The van der Waals surface area contributed by atoms with Gasteiger partial charge in [0.1, 0.15) is 0 Å². The van der Waals surface area contributed by atoms with Gasteiger partial charge in [-0.15, -0.1) is 10.2 Å². The molecule has 0 bridgehead atoms. The molecule has 0 saturated heterocycles. The minimum Gasteiger partial charge on any atom is -0.368 e. The molecule has 0 aliphatic heterocycles. The summed E-state index contributed by atoms with van der Waals surface area (Å²) < 4.78 is 7.26. The number of hydrogen-bond acceptors (Lipinski definition) is 7. The van der Waals surface area contributed by atoms with E-state index in [4.69, 9.17) is 21.9 Å². The summed E-state index contributed by atoms with van der Waals surface area (Å²) >= 11 is 7.37. The van der Waals surface area contributed by atoms with E-state index in [1.54, 1.807) is 12.1 Å². The number of anilines is 1. The van der Waals surface area contributed by atoms with Crippen molar-refractivity contribution in [3.63, 3.8) is 0 Å². The van der Waals surface area contributed by atoms with E-state index in [9.17, 15) is 0 Å². The van der Waals surface area contributed by atoms with E-state index in [2.05, 4.69) is 20.3 Å². The first kappa shape index (κ1) is 14.5. The molecule has 4 rings (SSSR count). The average molecular weight is 349 g/mol. The highest BCUT2D eigenvalue weighted by Gasteiger charge is 2.29. The number of nitrogens with zero attached hydrogens (tertiary/aromatic N) is 5. The molecular formula is C14H13ClN6OS. The Labute approximate surface area is 141 Å². The zero-order valence-corrected chi connectivity index (χ0v) is 13.6. The van der Waals surface area contributed by atoms with Crippen molar-refractivity contribution in [3.05, 3.63) is 35.2 Å². The van der Waals surface area contributed by atoms with Crippen molar-refractivity contribution in [1.82, 2.24) is 24.9 Å². The van der Waals surface area contributed by atoms with Gasteiger partial charge in [0.15, 0.2) is 5.16 Å². The van der Waals surface area contributed by atoms with Crippen LogP contribution in [-0.4, -0.2) is 24.9 Å². The van der Waals surface area contributed by atoms with Gasteiger partial charge in [-0.2, -0.15) is 4.98 Å². The van der Waals surface area contributed by atoms with Crippen molar-refractivity contribution >= 4 is 29.3 Å². The van der Waals surface area contributed by atoms with Crippen molar-refractivity contribution in [3.8, 4) is 11.4 Å². The fourth-order valence-electron chi connectivity index (χ4n) is 2.22. The molecule has 0 amide bonds. The van der Waals surface area contributed by atoms with Crippen LogP contribution in [0.15, 0.2) is 33.9 Å².